The fraction of sp³-hybridized carbons (Fsp3) is 0.235. The lowest BCUT2D eigenvalue weighted by atomic mass is 10.0. The van der Waals surface area contributed by atoms with Crippen molar-refractivity contribution in [3.8, 4) is 0 Å². The zero-order chi connectivity index (χ0) is 20.2. The van der Waals surface area contributed by atoms with Crippen LogP contribution < -0.4 is 5.32 Å². The number of carbonyl (C=O) groups is 2. The summed E-state index contributed by atoms with van der Waals surface area (Å²) in [5.41, 5.74) is -0.550. The average Bonchev–Trinajstić information content (AvgIpc) is 2.61. The monoisotopic (exact) mass is 402 g/mol. The second kappa shape index (κ2) is 8.36. The molecule has 0 aliphatic carbocycles. The maximum absolute atomic E-state index is 12.6. The van der Waals surface area contributed by atoms with Crippen molar-refractivity contribution in [2.45, 2.75) is 24.7 Å². The highest BCUT2D eigenvalue weighted by Crippen LogP contribution is 2.30. The number of carbonyl (C=O) groups excluding carboxylic acids is 1. The minimum absolute atomic E-state index is 0.0993. The number of alkyl halides is 3. The van der Waals surface area contributed by atoms with Gasteiger partial charge < -0.3 is 15.5 Å². The lowest BCUT2D eigenvalue weighted by molar-refractivity contribution is -0.143. The molecule has 2 atom stereocenters. The number of aliphatic hydroxyl groups is 1. The Morgan fingerprint density at radius 3 is 2.26 bits per heavy atom. The van der Waals surface area contributed by atoms with E-state index in [-0.39, 0.29) is 17.1 Å². The molecule has 0 saturated carbocycles. The molecule has 0 spiro atoms. The number of hydrogen-bond donors (Lipinski definition) is 3. The summed E-state index contributed by atoms with van der Waals surface area (Å²) < 4.78 is 37.7. The van der Waals surface area contributed by atoms with E-state index in [1.54, 1.807) is 0 Å². The Hall–Kier alpha value is -2.65. The summed E-state index contributed by atoms with van der Waals surface area (Å²) in [6, 6.07) is 4.96. The quantitative estimate of drug-likeness (QED) is 0.645. The van der Waals surface area contributed by atoms with E-state index in [4.69, 9.17) is 11.6 Å². The highest BCUT2D eigenvalue weighted by atomic mass is 35.5. The molecule has 1 aromatic carbocycles. The van der Waals surface area contributed by atoms with Crippen LogP contribution in [0.25, 0.3) is 0 Å². The van der Waals surface area contributed by atoms with Crippen LogP contribution in [0, 0.1) is 0 Å². The molecular formula is C17H14ClF3N2O4. The Kier molecular flexibility index (Phi) is 6.40. The second-order valence-corrected chi connectivity index (χ2v) is 6.00. The predicted octanol–water partition coefficient (Wildman–Crippen LogP) is 2.60. The standard InChI is InChI=1S/C17H14ClF3N2O4/c18-13-6-1-9(8-22-13)7-12(16(26)27)23-15(25)14(24)10-2-4-11(5-3-10)17(19,20)21/h1-6,8,12,14,24H,7H2,(H,23,25)(H,26,27)/t12-,14+/m0/s1. The molecule has 1 amide bonds. The minimum Gasteiger partial charge on any atom is -0.480 e. The van der Waals surface area contributed by atoms with Gasteiger partial charge in [0.25, 0.3) is 5.91 Å². The summed E-state index contributed by atoms with van der Waals surface area (Å²) in [5.74, 6) is -2.40. The molecule has 0 unspecified atom stereocenters. The van der Waals surface area contributed by atoms with Crippen LogP contribution in [0.4, 0.5) is 13.2 Å². The number of amides is 1. The number of hydrogen-bond acceptors (Lipinski definition) is 4. The highest BCUT2D eigenvalue weighted by Gasteiger charge is 2.31. The van der Waals surface area contributed by atoms with Crippen LogP contribution in [0.15, 0.2) is 42.6 Å². The van der Waals surface area contributed by atoms with E-state index in [1.807, 2.05) is 0 Å². The predicted molar refractivity (Wildman–Crippen MR) is 88.9 cm³/mol. The van der Waals surface area contributed by atoms with E-state index in [2.05, 4.69) is 10.3 Å². The van der Waals surface area contributed by atoms with E-state index in [1.165, 1.54) is 18.3 Å². The van der Waals surface area contributed by atoms with Gasteiger partial charge in [-0.3, -0.25) is 4.79 Å². The Morgan fingerprint density at radius 2 is 1.78 bits per heavy atom. The van der Waals surface area contributed by atoms with E-state index >= 15 is 0 Å². The van der Waals surface area contributed by atoms with Crippen LogP contribution in [0.3, 0.4) is 0 Å². The molecule has 0 aliphatic rings. The molecule has 6 nitrogen and oxygen atoms in total. The summed E-state index contributed by atoms with van der Waals surface area (Å²) in [5, 5.41) is 21.6. The smallest absolute Gasteiger partial charge is 0.416 e. The molecule has 144 valence electrons. The third-order valence-electron chi connectivity index (χ3n) is 3.65. The van der Waals surface area contributed by atoms with Gasteiger partial charge in [-0.1, -0.05) is 29.8 Å². The third-order valence-corrected chi connectivity index (χ3v) is 3.87. The Morgan fingerprint density at radius 1 is 1.15 bits per heavy atom. The zero-order valence-electron chi connectivity index (χ0n) is 13.6. The van der Waals surface area contributed by atoms with E-state index in [0.717, 1.165) is 24.3 Å². The number of pyridine rings is 1. The van der Waals surface area contributed by atoms with Gasteiger partial charge in [-0.05, 0) is 29.3 Å². The molecule has 1 heterocycles. The molecule has 10 heteroatoms. The van der Waals surface area contributed by atoms with Gasteiger partial charge in [-0.15, -0.1) is 0 Å². The van der Waals surface area contributed by atoms with Gasteiger partial charge >= 0.3 is 12.1 Å². The number of nitrogens with zero attached hydrogens (tertiary/aromatic N) is 1. The first-order valence-electron chi connectivity index (χ1n) is 7.57. The minimum atomic E-state index is -4.55. The van der Waals surface area contributed by atoms with Crippen molar-refractivity contribution in [1.29, 1.82) is 0 Å². The molecule has 2 rings (SSSR count). The number of nitrogens with one attached hydrogen (secondary N) is 1. The van der Waals surface area contributed by atoms with Crippen molar-refractivity contribution in [3.05, 3.63) is 64.4 Å². The number of aromatic nitrogens is 1. The van der Waals surface area contributed by atoms with Gasteiger partial charge in [-0.25, -0.2) is 9.78 Å². The number of aliphatic hydroxyl groups excluding tert-OH is 1. The number of rotatable bonds is 6. The summed E-state index contributed by atoms with van der Waals surface area (Å²) in [6.45, 7) is 0. The number of halogens is 4. The lowest BCUT2D eigenvalue weighted by Crippen LogP contribution is -2.44. The molecule has 0 saturated heterocycles. The molecule has 0 aliphatic heterocycles. The van der Waals surface area contributed by atoms with Crippen LogP contribution >= 0.6 is 11.6 Å². The van der Waals surface area contributed by atoms with Gasteiger partial charge in [0.15, 0.2) is 6.10 Å². The molecule has 2 aromatic rings. The van der Waals surface area contributed by atoms with Gasteiger partial charge in [-0.2, -0.15) is 13.2 Å². The molecule has 0 fully saturated rings. The number of benzene rings is 1. The molecule has 27 heavy (non-hydrogen) atoms. The van der Waals surface area contributed by atoms with Gasteiger partial charge in [0.1, 0.15) is 11.2 Å². The summed E-state index contributed by atoms with van der Waals surface area (Å²) in [4.78, 5) is 27.3. The largest absolute Gasteiger partial charge is 0.480 e. The van der Waals surface area contributed by atoms with Crippen molar-refractivity contribution in [2.24, 2.45) is 0 Å². The summed E-state index contributed by atoms with van der Waals surface area (Å²) in [7, 11) is 0. The third kappa shape index (κ3) is 5.66. The molecule has 0 radical (unpaired) electrons. The van der Waals surface area contributed by atoms with Crippen molar-refractivity contribution < 1.29 is 33.0 Å². The first kappa shape index (κ1) is 20.7. The second-order valence-electron chi connectivity index (χ2n) is 5.62. The molecule has 3 N–H and O–H groups in total. The summed E-state index contributed by atoms with van der Waals surface area (Å²) in [6.07, 6.45) is -5.15. The van der Waals surface area contributed by atoms with Gasteiger partial charge in [0.05, 0.1) is 5.56 Å². The van der Waals surface area contributed by atoms with Crippen molar-refractivity contribution in [3.63, 3.8) is 0 Å². The van der Waals surface area contributed by atoms with Crippen molar-refractivity contribution in [2.75, 3.05) is 0 Å². The van der Waals surface area contributed by atoms with E-state index in [0.29, 0.717) is 5.56 Å². The zero-order valence-corrected chi connectivity index (χ0v) is 14.3. The Balaban J connectivity index is 2.07. The maximum atomic E-state index is 12.6. The molecular weight excluding hydrogens is 389 g/mol. The highest BCUT2D eigenvalue weighted by molar-refractivity contribution is 6.29. The first-order valence-corrected chi connectivity index (χ1v) is 7.94. The van der Waals surface area contributed by atoms with Gasteiger partial charge in [0, 0.05) is 12.6 Å². The van der Waals surface area contributed by atoms with Crippen LogP contribution in [0.1, 0.15) is 22.8 Å². The van der Waals surface area contributed by atoms with Crippen LogP contribution in [0.5, 0.6) is 0 Å². The topological polar surface area (TPSA) is 99.5 Å². The number of carboxylic acids is 1. The Bertz CT molecular complexity index is 810. The van der Waals surface area contributed by atoms with E-state index < -0.39 is 35.8 Å². The fourth-order valence-corrected chi connectivity index (χ4v) is 2.33. The maximum Gasteiger partial charge on any atom is 0.416 e. The lowest BCUT2D eigenvalue weighted by Gasteiger charge is -2.18. The van der Waals surface area contributed by atoms with Crippen molar-refractivity contribution in [1.82, 2.24) is 10.3 Å². The number of carboxylic acid groups (broad SMARTS) is 1. The van der Waals surface area contributed by atoms with Gasteiger partial charge in [0.2, 0.25) is 0 Å². The van der Waals surface area contributed by atoms with Crippen LogP contribution in [-0.2, 0) is 22.2 Å². The van der Waals surface area contributed by atoms with Crippen molar-refractivity contribution >= 4 is 23.5 Å². The number of aliphatic carboxylic acids is 1. The fourth-order valence-electron chi connectivity index (χ4n) is 2.22. The molecule has 1 aromatic heterocycles. The first-order chi connectivity index (χ1) is 12.6. The Labute approximate surface area is 156 Å². The van der Waals surface area contributed by atoms with Crippen LogP contribution in [0.2, 0.25) is 5.15 Å². The van der Waals surface area contributed by atoms with E-state index in [9.17, 15) is 33.0 Å². The SMILES string of the molecule is O=C(O)[C@H](Cc1ccc(Cl)nc1)NC(=O)[C@H](O)c1ccc(C(F)(F)F)cc1. The summed E-state index contributed by atoms with van der Waals surface area (Å²) >= 11 is 5.64. The normalized spacial score (nSPS) is 13.7. The molecule has 0 bridgehead atoms. The average molecular weight is 403 g/mol. The van der Waals surface area contributed by atoms with Crippen LogP contribution in [-0.4, -0.2) is 33.1 Å².